The van der Waals surface area contributed by atoms with Crippen molar-refractivity contribution in [1.82, 2.24) is 19.8 Å². The van der Waals surface area contributed by atoms with Crippen molar-refractivity contribution in [2.75, 3.05) is 6.54 Å². The van der Waals surface area contributed by atoms with Crippen molar-refractivity contribution in [2.24, 2.45) is 7.05 Å². The Morgan fingerprint density at radius 1 is 1.32 bits per heavy atom. The molecule has 1 fully saturated rings. The Morgan fingerprint density at radius 2 is 2.18 bits per heavy atom. The van der Waals surface area contributed by atoms with E-state index in [1.807, 2.05) is 31.1 Å². The van der Waals surface area contributed by atoms with Gasteiger partial charge >= 0.3 is 0 Å². The first kappa shape index (κ1) is 18.4. The highest BCUT2D eigenvalue weighted by Gasteiger charge is 2.32. The zero-order valence-corrected chi connectivity index (χ0v) is 16.1. The summed E-state index contributed by atoms with van der Waals surface area (Å²) in [6.45, 7) is 2.54. The highest BCUT2D eigenvalue weighted by atomic mass is 19.1. The number of amides is 1. The monoisotopic (exact) mass is 382 g/mol. The summed E-state index contributed by atoms with van der Waals surface area (Å²) in [6, 6.07) is 7.97. The molecule has 1 aromatic carbocycles. The largest absolute Gasteiger partial charge is 0.356 e. The Kier molecular flexibility index (Phi) is 4.98. The maximum absolute atomic E-state index is 13.5. The van der Waals surface area contributed by atoms with Crippen molar-refractivity contribution < 1.29 is 13.7 Å². The third kappa shape index (κ3) is 3.69. The van der Waals surface area contributed by atoms with Gasteiger partial charge in [-0.2, -0.15) is 5.10 Å². The smallest absolute Gasteiger partial charge is 0.227 e. The molecule has 1 aliphatic rings. The lowest BCUT2D eigenvalue weighted by Gasteiger charge is -2.35. The van der Waals surface area contributed by atoms with Gasteiger partial charge < -0.3 is 9.42 Å². The van der Waals surface area contributed by atoms with Crippen LogP contribution < -0.4 is 0 Å². The van der Waals surface area contributed by atoms with Crippen molar-refractivity contribution in [3.63, 3.8) is 0 Å². The molecule has 1 aliphatic heterocycles. The summed E-state index contributed by atoms with van der Waals surface area (Å²) in [4.78, 5) is 14.9. The van der Waals surface area contributed by atoms with Gasteiger partial charge in [-0.25, -0.2) is 4.39 Å². The minimum atomic E-state index is -0.326. The number of carbonyl (C=O) groups excluding carboxylic acids is 1. The van der Waals surface area contributed by atoms with E-state index in [1.54, 1.807) is 16.8 Å². The minimum absolute atomic E-state index is 0.0133. The van der Waals surface area contributed by atoms with Crippen molar-refractivity contribution in [2.45, 2.75) is 38.6 Å². The Hall–Kier alpha value is -2.96. The molecule has 0 saturated carbocycles. The SMILES string of the molecule is Cc1cc(-c2cn(C)nc2[C@@H]2CCCCN2C(=O)Cc2cccc(F)c2)on1. The lowest BCUT2D eigenvalue weighted by atomic mass is 9.95. The summed E-state index contributed by atoms with van der Waals surface area (Å²) >= 11 is 0. The van der Waals surface area contributed by atoms with Crippen LogP contribution >= 0.6 is 0 Å². The third-order valence-electron chi connectivity index (χ3n) is 5.13. The van der Waals surface area contributed by atoms with E-state index in [0.29, 0.717) is 17.9 Å². The summed E-state index contributed by atoms with van der Waals surface area (Å²) in [5.74, 6) is 0.317. The summed E-state index contributed by atoms with van der Waals surface area (Å²) in [7, 11) is 1.86. The van der Waals surface area contributed by atoms with E-state index in [4.69, 9.17) is 4.52 Å². The molecule has 0 spiro atoms. The molecule has 1 amide bonds. The first-order valence-corrected chi connectivity index (χ1v) is 9.52. The van der Waals surface area contributed by atoms with E-state index < -0.39 is 0 Å². The second-order valence-electron chi connectivity index (χ2n) is 7.34. The van der Waals surface area contributed by atoms with Gasteiger partial charge in [-0.05, 0) is 43.9 Å². The lowest BCUT2D eigenvalue weighted by molar-refractivity contribution is -0.134. The molecule has 6 nitrogen and oxygen atoms in total. The number of aryl methyl sites for hydroxylation is 2. The first-order valence-electron chi connectivity index (χ1n) is 9.52. The number of aromatic nitrogens is 3. The maximum Gasteiger partial charge on any atom is 0.227 e. The normalized spacial score (nSPS) is 17.1. The molecule has 3 heterocycles. The van der Waals surface area contributed by atoms with E-state index in [-0.39, 0.29) is 24.2 Å². The summed E-state index contributed by atoms with van der Waals surface area (Å²) in [5, 5.41) is 8.63. The van der Waals surface area contributed by atoms with Gasteiger partial charge in [0.15, 0.2) is 5.76 Å². The average Bonchev–Trinajstić information content (AvgIpc) is 3.27. The summed E-state index contributed by atoms with van der Waals surface area (Å²) < 4.78 is 20.7. The molecule has 3 aromatic rings. The molecule has 0 unspecified atom stereocenters. The van der Waals surface area contributed by atoms with Gasteiger partial charge in [0.2, 0.25) is 5.91 Å². The van der Waals surface area contributed by atoms with Crippen LogP contribution in [0.1, 0.15) is 42.3 Å². The summed E-state index contributed by atoms with van der Waals surface area (Å²) in [5.41, 5.74) is 3.17. The number of nitrogens with zero attached hydrogens (tertiary/aromatic N) is 4. The number of piperidine rings is 1. The number of rotatable bonds is 4. The fourth-order valence-electron chi connectivity index (χ4n) is 3.87. The Balaban J connectivity index is 1.63. The van der Waals surface area contributed by atoms with Crippen LogP contribution in [-0.4, -0.2) is 32.3 Å². The van der Waals surface area contributed by atoms with Crippen molar-refractivity contribution in [1.29, 1.82) is 0 Å². The molecule has 0 N–H and O–H groups in total. The Labute approximate surface area is 162 Å². The molecular formula is C21H23FN4O2. The Bertz CT molecular complexity index is 994. The second kappa shape index (κ2) is 7.58. The van der Waals surface area contributed by atoms with Crippen LogP contribution in [0.2, 0.25) is 0 Å². The zero-order chi connectivity index (χ0) is 19.7. The molecule has 1 saturated heterocycles. The number of likely N-dealkylation sites (tertiary alicyclic amines) is 1. The molecule has 2 aromatic heterocycles. The molecule has 28 heavy (non-hydrogen) atoms. The van der Waals surface area contributed by atoms with Gasteiger partial charge in [0, 0.05) is 25.9 Å². The van der Waals surface area contributed by atoms with Crippen LogP contribution in [0.4, 0.5) is 4.39 Å². The van der Waals surface area contributed by atoms with E-state index in [1.165, 1.54) is 12.1 Å². The molecule has 0 bridgehead atoms. The lowest BCUT2D eigenvalue weighted by Crippen LogP contribution is -2.39. The van der Waals surface area contributed by atoms with Crippen LogP contribution in [-0.2, 0) is 18.3 Å². The van der Waals surface area contributed by atoms with Crippen LogP contribution in [0.5, 0.6) is 0 Å². The van der Waals surface area contributed by atoms with Crippen molar-refractivity contribution in [3.8, 4) is 11.3 Å². The van der Waals surface area contributed by atoms with Gasteiger partial charge in [0.25, 0.3) is 0 Å². The second-order valence-corrected chi connectivity index (χ2v) is 7.34. The number of hydrogen-bond acceptors (Lipinski definition) is 4. The fraction of sp³-hybridized carbons (Fsp3) is 0.381. The van der Waals surface area contributed by atoms with Crippen LogP contribution in [0.15, 0.2) is 41.1 Å². The molecule has 7 heteroatoms. The zero-order valence-electron chi connectivity index (χ0n) is 16.1. The van der Waals surface area contributed by atoms with Gasteiger partial charge in [-0.15, -0.1) is 0 Å². The van der Waals surface area contributed by atoms with Gasteiger partial charge in [0.1, 0.15) is 5.82 Å². The number of benzene rings is 1. The molecule has 4 rings (SSSR count). The van der Waals surface area contributed by atoms with Crippen LogP contribution in [0.3, 0.4) is 0 Å². The average molecular weight is 382 g/mol. The fourth-order valence-corrected chi connectivity index (χ4v) is 3.87. The Morgan fingerprint density at radius 3 is 2.93 bits per heavy atom. The van der Waals surface area contributed by atoms with Crippen molar-refractivity contribution in [3.05, 3.63) is 59.3 Å². The van der Waals surface area contributed by atoms with Crippen LogP contribution in [0.25, 0.3) is 11.3 Å². The van der Waals surface area contributed by atoms with Crippen LogP contribution in [0, 0.1) is 12.7 Å². The molecule has 0 aliphatic carbocycles. The summed E-state index contributed by atoms with van der Waals surface area (Å²) in [6.07, 6.45) is 4.90. The van der Waals surface area contributed by atoms with E-state index in [2.05, 4.69) is 10.3 Å². The van der Waals surface area contributed by atoms with Gasteiger partial charge in [0.05, 0.1) is 29.4 Å². The standard InChI is InChI=1S/C21H23FN4O2/c1-14-10-19(28-24-14)17-13-25(2)23-21(17)18-8-3-4-9-26(18)20(27)12-15-6-5-7-16(22)11-15/h5-7,10-11,13,18H,3-4,8-9,12H2,1-2H3/t18-/m0/s1. The predicted octanol–water partition coefficient (Wildman–Crippen LogP) is 3.82. The highest BCUT2D eigenvalue weighted by molar-refractivity contribution is 5.79. The minimum Gasteiger partial charge on any atom is -0.356 e. The molecular weight excluding hydrogens is 359 g/mol. The molecule has 146 valence electrons. The number of carbonyl (C=O) groups is 1. The quantitative estimate of drug-likeness (QED) is 0.688. The van der Waals surface area contributed by atoms with Gasteiger partial charge in [-0.3, -0.25) is 9.48 Å². The van der Waals surface area contributed by atoms with Crippen molar-refractivity contribution >= 4 is 5.91 Å². The highest BCUT2D eigenvalue weighted by Crippen LogP contribution is 2.36. The van der Waals surface area contributed by atoms with E-state index >= 15 is 0 Å². The maximum atomic E-state index is 13.5. The van der Waals surface area contributed by atoms with E-state index in [0.717, 1.165) is 36.2 Å². The molecule has 0 radical (unpaired) electrons. The first-order chi connectivity index (χ1) is 13.5. The third-order valence-corrected chi connectivity index (χ3v) is 5.13. The number of halogens is 1. The molecule has 1 atom stereocenters. The number of hydrogen-bond donors (Lipinski definition) is 0. The predicted molar refractivity (Wildman–Crippen MR) is 102 cm³/mol. The van der Waals surface area contributed by atoms with Gasteiger partial charge in [-0.1, -0.05) is 17.3 Å². The topological polar surface area (TPSA) is 64.2 Å². The van der Waals surface area contributed by atoms with E-state index in [9.17, 15) is 9.18 Å².